The van der Waals surface area contributed by atoms with E-state index in [1.165, 1.54) is 11.1 Å². The van der Waals surface area contributed by atoms with Crippen LogP contribution in [0.4, 0.5) is 0 Å². The Bertz CT molecular complexity index is 388. The van der Waals surface area contributed by atoms with Gasteiger partial charge in [-0.3, -0.25) is 0 Å². The number of aliphatic hydroxyl groups excluding tert-OH is 1. The molecule has 1 aromatic carbocycles. The van der Waals surface area contributed by atoms with Gasteiger partial charge in [0.1, 0.15) is 5.75 Å². The maximum atomic E-state index is 9.01. The lowest BCUT2D eigenvalue weighted by Crippen LogP contribution is -2.21. The highest BCUT2D eigenvalue weighted by atomic mass is 16.5. The summed E-state index contributed by atoms with van der Waals surface area (Å²) in [4.78, 5) is 2.21. The Labute approximate surface area is 110 Å². The van der Waals surface area contributed by atoms with Crippen molar-refractivity contribution in [2.24, 2.45) is 0 Å². The molecule has 1 aromatic rings. The summed E-state index contributed by atoms with van der Waals surface area (Å²) in [5.41, 5.74) is 3.73. The minimum atomic E-state index is 0.249. The molecule has 0 bridgehead atoms. The molecule has 1 rings (SSSR count). The van der Waals surface area contributed by atoms with E-state index in [4.69, 9.17) is 9.84 Å². The van der Waals surface area contributed by atoms with E-state index in [1.807, 2.05) is 0 Å². The molecule has 0 fully saturated rings. The van der Waals surface area contributed by atoms with Gasteiger partial charge in [-0.15, -0.1) is 0 Å². The van der Waals surface area contributed by atoms with Gasteiger partial charge < -0.3 is 14.7 Å². The van der Waals surface area contributed by atoms with E-state index < -0.39 is 0 Å². The van der Waals surface area contributed by atoms with Gasteiger partial charge in [-0.2, -0.15) is 0 Å². The third-order valence-electron chi connectivity index (χ3n) is 3.40. The van der Waals surface area contributed by atoms with E-state index in [-0.39, 0.29) is 6.61 Å². The predicted molar refractivity (Wildman–Crippen MR) is 75.2 cm³/mol. The molecule has 102 valence electrons. The van der Waals surface area contributed by atoms with Gasteiger partial charge in [-0.25, -0.2) is 0 Å². The van der Waals surface area contributed by atoms with Gasteiger partial charge in [0.25, 0.3) is 0 Å². The number of hydrogen-bond acceptors (Lipinski definition) is 3. The van der Waals surface area contributed by atoms with E-state index in [0.29, 0.717) is 6.04 Å². The monoisotopic (exact) mass is 251 g/mol. The lowest BCUT2D eigenvalue weighted by Gasteiger charge is -2.27. The molecule has 0 heterocycles. The Morgan fingerprint density at radius 3 is 2.39 bits per heavy atom. The average molecular weight is 251 g/mol. The topological polar surface area (TPSA) is 32.7 Å². The van der Waals surface area contributed by atoms with Gasteiger partial charge in [0.05, 0.1) is 7.11 Å². The third-order valence-corrected chi connectivity index (χ3v) is 3.40. The molecule has 0 spiro atoms. The average Bonchev–Trinajstić information content (AvgIpc) is 2.32. The maximum Gasteiger partial charge on any atom is 0.122 e. The SMILES string of the molecule is COc1cc(C)c(C(CCCO)N(C)C)cc1C. The summed E-state index contributed by atoms with van der Waals surface area (Å²) in [7, 11) is 5.87. The first-order chi connectivity index (χ1) is 8.51. The molecule has 1 N–H and O–H groups in total. The highest BCUT2D eigenvalue weighted by molar-refractivity contribution is 5.42. The van der Waals surface area contributed by atoms with Crippen LogP contribution in [-0.2, 0) is 0 Å². The van der Waals surface area contributed by atoms with Crippen molar-refractivity contribution >= 4 is 0 Å². The molecular formula is C15H25NO2. The molecule has 0 aliphatic carbocycles. The molecule has 0 saturated carbocycles. The van der Waals surface area contributed by atoms with Gasteiger partial charge in [0.15, 0.2) is 0 Å². The van der Waals surface area contributed by atoms with Crippen LogP contribution in [0.25, 0.3) is 0 Å². The summed E-state index contributed by atoms with van der Waals surface area (Å²) in [5.74, 6) is 0.941. The molecule has 3 nitrogen and oxygen atoms in total. The van der Waals surface area contributed by atoms with Crippen LogP contribution in [0.1, 0.15) is 35.6 Å². The van der Waals surface area contributed by atoms with Crippen LogP contribution >= 0.6 is 0 Å². The largest absolute Gasteiger partial charge is 0.496 e. The summed E-state index contributed by atoms with van der Waals surface area (Å²) >= 11 is 0. The van der Waals surface area contributed by atoms with Gasteiger partial charge in [-0.1, -0.05) is 6.07 Å². The molecule has 0 saturated heterocycles. The van der Waals surface area contributed by atoms with Crippen molar-refractivity contribution in [2.45, 2.75) is 32.7 Å². The molecule has 0 aliphatic heterocycles. The van der Waals surface area contributed by atoms with Crippen molar-refractivity contribution in [3.63, 3.8) is 0 Å². The fourth-order valence-corrected chi connectivity index (χ4v) is 2.37. The Balaban J connectivity index is 3.08. The Hall–Kier alpha value is -1.06. The second-order valence-corrected chi connectivity index (χ2v) is 5.02. The fourth-order valence-electron chi connectivity index (χ4n) is 2.37. The summed E-state index contributed by atoms with van der Waals surface area (Å²) < 4.78 is 5.35. The Morgan fingerprint density at radius 2 is 1.89 bits per heavy atom. The van der Waals surface area contributed by atoms with Crippen molar-refractivity contribution in [1.82, 2.24) is 4.90 Å². The first-order valence-electron chi connectivity index (χ1n) is 6.43. The minimum Gasteiger partial charge on any atom is -0.496 e. The zero-order valence-corrected chi connectivity index (χ0v) is 12.2. The van der Waals surface area contributed by atoms with E-state index >= 15 is 0 Å². The zero-order chi connectivity index (χ0) is 13.7. The van der Waals surface area contributed by atoms with Gasteiger partial charge in [-0.05, 0) is 63.5 Å². The van der Waals surface area contributed by atoms with Crippen LogP contribution in [0.15, 0.2) is 12.1 Å². The minimum absolute atomic E-state index is 0.249. The first-order valence-corrected chi connectivity index (χ1v) is 6.43. The van der Waals surface area contributed by atoms with Crippen molar-refractivity contribution in [2.75, 3.05) is 27.8 Å². The smallest absolute Gasteiger partial charge is 0.122 e. The second-order valence-electron chi connectivity index (χ2n) is 5.02. The van der Waals surface area contributed by atoms with Crippen LogP contribution in [0, 0.1) is 13.8 Å². The van der Waals surface area contributed by atoms with Crippen LogP contribution in [0.2, 0.25) is 0 Å². The molecule has 0 amide bonds. The first kappa shape index (κ1) is 15.0. The Kier molecular flexibility index (Phi) is 5.63. The second kappa shape index (κ2) is 6.76. The lowest BCUT2D eigenvalue weighted by molar-refractivity contribution is 0.235. The number of hydrogen-bond donors (Lipinski definition) is 1. The number of rotatable bonds is 6. The standard InChI is InChI=1S/C15H25NO2/c1-11-10-15(18-5)12(2)9-13(11)14(16(3)4)7-6-8-17/h9-10,14,17H,6-8H2,1-5H3. The third kappa shape index (κ3) is 3.47. The van der Waals surface area contributed by atoms with Crippen LogP contribution in [0.5, 0.6) is 5.75 Å². The molecule has 0 aromatic heterocycles. The molecule has 1 unspecified atom stereocenters. The van der Waals surface area contributed by atoms with Crippen molar-refractivity contribution in [3.05, 3.63) is 28.8 Å². The van der Waals surface area contributed by atoms with Crippen LogP contribution in [0.3, 0.4) is 0 Å². The van der Waals surface area contributed by atoms with Crippen LogP contribution < -0.4 is 4.74 Å². The molecule has 1 atom stereocenters. The van der Waals surface area contributed by atoms with Gasteiger partial charge in [0.2, 0.25) is 0 Å². The van der Waals surface area contributed by atoms with E-state index in [9.17, 15) is 0 Å². The summed E-state index contributed by atoms with van der Waals surface area (Å²) in [5, 5.41) is 9.01. The number of methoxy groups -OCH3 is 1. The fraction of sp³-hybridized carbons (Fsp3) is 0.600. The number of aryl methyl sites for hydroxylation is 2. The number of nitrogens with zero attached hydrogens (tertiary/aromatic N) is 1. The number of benzene rings is 1. The molecule has 0 aliphatic rings. The summed E-state index contributed by atoms with van der Waals surface area (Å²) in [6, 6.07) is 4.65. The lowest BCUT2D eigenvalue weighted by atomic mass is 9.94. The number of ether oxygens (including phenoxy) is 1. The summed E-state index contributed by atoms with van der Waals surface area (Å²) in [6.07, 6.45) is 1.80. The molecule has 18 heavy (non-hydrogen) atoms. The quantitative estimate of drug-likeness (QED) is 0.843. The van der Waals surface area contributed by atoms with Crippen LogP contribution in [-0.4, -0.2) is 37.8 Å². The predicted octanol–water partition coefficient (Wildman–Crippen LogP) is 2.69. The molecule has 0 radical (unpaired) electrons. The highest BCUT2D eigenvalue weighted by Crippen LogP contribution is 2.31. The normalized spacial score (nSPS) is 12.8. The van der Waals surface area contributed by atoms with Gasteiger partial charge >= 0.3 is 0 Å². The van der Waals surface area contributed by atoms with Crippen molar-refractivity contribution in [3.8, 4) is 5.75 Å². The zero-order valence-electron chi connectivity index (χ0n) is 12.2. The molecule has 3 heteroatoms. The number of aliphatic hydroxyl groups is 1. The van der Waals surface area contributed by atoms with E-state index in [0.717, 1.165) is 24.2 Å². The van der Waals surface area contributed by atoms with Crippen molar-refractivity contribution < 1.29 is 9.84 Å². The summed E-state index contributed by atoms with van der Waals surface area (Å²) in [6.45, 7) is 4.44. The van der Waals surface area contributed by atoms with Gasteiger partial charge in [0, 0.05) is 12.6 Å². The Morgan fingerprint density at radius 1 is 1.22 bits per heavy atom. The van der Waals surface area contributed by atoms with E-state index in [2.05, 4.69) is 45.0 Å². The van der Waals surface area contributed by atoms with E-state index in [1.54, 1.807) is 7.11 Å². The van der Waals surface area contributed by atoms with Crippen molar-refractivity contribution in [1.29, 1.82) is 0 Å². The molecular weight excluding hydrogens is 226 g/mol. The maximum absolute atomic E-state index is 9.01. The highest BCUT2D eigenvalue weighted by Gasteiger charge is 2.17.